The molecule has 1 aromatic heterocycles. The number of anilines is 2. The minimum Gasteiger partial charge on any atom is -0.337 e. The van der Waals surface area contributed by atoms with Gasteiger partial charge in [0.25, 0.3) is 0 Å². The Labute approximate surface area is 319 Å². The molecule has 3 nitrogen and oxygen atoms in total. The first-order chi connectivity index (χ1) is 26.6. The van der Waals surface area contributed by atoms with Gasteiger partial charge in [0, 0.05) is 39.8 Å². The summed E-state index contributed by atoms with van der Waals surface area (Å²) < 4.78 is 2.43. The zero-order valence-electron chi connectivity index (χ0n) is 30.6. The van der Waals surface area contributed by atoms with Crippen molar-refractivity contribution >= 4 is 51.6 Å². The van der Waals surface area contributed by atoms with Crippen molar-refractivity contribution in [1.29, 1.82) is 5.26 Å². The Morgan fingerprint density at radius 2 is 1.28 bits per heavy atom. The molecular weight excluding hydrogens is 671 g/mol. The van der Waals surface area contributed by atoms with Crippen molar-refractivity contribution in [1.82, 2.24) is 4.57 Å². The van der Waals surface area contributed by atoms with Gasteiger partial charge >= 0.3 is 0 Å². The Morgan fingerprint density at radius 3 is 1.94 bits per heavy atom. The Kier molecular flexibility index (Phi) is 7.82. The van der Waals surface area contributed by atoms with Crippen LogP contribution < -0.4 is 15.3 Å². The van der Waals surface area contributed by atoms with Crippen molar-refractivity contribution in [2.45, 2.75) is 49.6 Å². The summed E-state index contributed by atoms with van der Waals surface area (Å²) in [5.74, 6) is 0.392. The fourth-order valence-corrected chi connectivity index (χ4v) is 16.9. The first-order valence-corrected chi connectivity index (χ1v) is 21.5. The van der Waals surface area contributed by atoms with E-state index in [4.69, 9.17) is 0 Å². The summed E-state index contributed by atoms with van der Waals surface area (Å²) in [4.78, 5) is 2.64. The van der Waals surface area contributed by atoms with E-state index in [0.717, 1.165) is 25.7 Å². The number of para-hydroxylation sites is 4. The molecule has 7 aromatic rings. The first kappa shape index (κ1) is 32.7. The van der Waals surface area contributed by atoms with E-state index in [9.17, 15) is 5.26 Å². The van der Waals surface area contributed by atoms with E-state index in [0.29, 0.717) is 5.92 Å². The quantitative estimate of drug-likeness (QED) is 0.127. The minimum absolute atomic E-state index is 0.0749. The van der Waals surface area contributed by atoms with Crippen molar-refractivity contribution in [3.63, 3.8) is 0 Å². The van der Waals surface area contributed by atoms with E-state index in [1.54, 1.807) is 5.20 Å². The summed E-state index contributed by atoms with van der Waals surface area (Å²) in [6.07, 6.45) is 11.4. The van der Waals surface area contributed by atoms with Gasteiger partial charge in [0.05, 0.1) is 23.0 Å². The van der Waals surface area contributed by atoms with Crippen LogP contribution in [0.2, 0.25) is 5.04 Å². The summed E-state index contributed by atoms with van der Waals surface area (Å²) in [5, 5.41) is 16.9. The molecule has 5 unspecified atom stereocenters. The number of hydrogen-bond donors (Lipinski definition) is 0. The van der Waals surface area contributed by atoms with Crippen LogP contribution in [0, 0.1) is 17.2 Å². The van der Waals surface area contributed by atoms with Gasteiger partial charge in [-0.3, -0.25) is 0 Å². The molecule has 54 heavy (non-hydrogen) atoms. The molecule has 2 aliphatic carbocycles. The van der Waals surface area contributed by atoms with E-state index in [1.807, 2.05) is 0 Å². The molecule has 0 radical (unpaired) electrons. The molecule has 0 spiro atoms. The largest absolute Gasteiger partial charge is 0.337 e. The third-order valence-electron chi connectivity index (χ3n) is 12.9. The summed E-state index contributed by atoms with van der Waals surface area (Å²) >= 11 is 0. The Bertz CT molecular complexity index is 2560. The second kappa shape index (κ2) is 12.9. The van der Waals surface area contributed by atoms with Crippen LogP contribution in [0.5, 0.6) is 0 Å². The number of rotatable bonds is 6. The topological polar surface area (TPSA) is 32.0 Å². The van der Waals surface area contributed by atoms with Crippen LogP contribution in [0.4, 0.5) is 11.4 Å². The lowest BCUT2D eigenvalue weighted by Gasteiger charge is -2.53. The lowest BCUT2D eigenvalue weighted by molar-refractivity contribution is 0.487. The molecule has 0 bridgehead atoms. The predicted octanol–water partition coefficient (Wildman–Crippen LogP) is 11.2. The van der Waals surface area contributed by atoms with Gasteiger partial charge in [-0.1, -0.05) is 146 Å². The molecule has 10 rings (SSSR count). The first-order valence-electron chi connectivity index (χ1n) is 19.5. The lowest BCUT2D eigenvalue weighted by Crippen LogP contribution is -2.68. The fourth-order valence-electron chi connectivity index (χ4n) is 10.6. The summed E-state index contributed by atoms with van der Waals surface area (Å²) in [6, 6.07) is 61.6. The average Bonchev–Trinajstić information content (AvgIpc) is 3.74. The molecule has 3 aliphatic rings. The highest BCUT2D eigenvalue weighted by Gasteiger charge is 2.58. The highest BCUT2D eigenvalue weighted by atomic mass is 28.3. The number of nitrogens with zero attached hydrogens (tertiary/aromatic N) is 3. The van der Waals surface area contributed by atoms with Crippen molar-refractivity contribution in [2.75, 3.05) is 4.90 Å². The molecule has 0 fully saturated rings. The van der Waals surface area contributed by atoms with Gasteiger partial charge in [-0.25, -0.2) is 0 Å². The van der Waals surface area contributed by atoms with Gasteiger partial charge in [0.1, 0.15) is 0 Å². The van der Waals surface area contributed by atoms with Gasteiger partial charge in [-0.05, 0) is 89.1 Å². The lowest BCUT2D eigenvalue weighted by atomic mass is 9.82. The van der Waals surface area contributed by atoms with Crippen molar-refractivity contribution in [2.24, 2.45) is 5.92 Å². The number of benzene rings is 6. The van der Waals surface area contributed by atoms with Crippen LogP contribution in [0.15, 0.2) is 181 Å². The van der Waals surface area contributed by atoms with Crippen LogP contribution in [0.1, 0.15) is 44.1 Å². The standard InChI is InChI=1S/C50H43N3Si/c1-50(33-32-45-44-20-10-13-23-48(44)53(49(45)34-50)37-14-4-2-5-15-37)54(39-16-6-3-7-17-39,40-28-24-36(35-51)25-29-40)41-30-26-38(27-31-41)52-46-21-11-8-18-42(46)43-19-9-12-22-47(43)52/h2-23,26-28,30-33,36,45,49H,24-25,29,34H2,1H3. The van der Waals surface area contributed by atoms with E-state index in [1.165, 1.54) is 54.8 Å². The van der Waals surface area contributed by atoms with E-state index in [2.05, 4.69) is 198 Å². The maximum atomic E-state index is 10.0. The maximum Gasteiger partial charge on any atom is 0.153 e. The van der Waals surface area contributed by atoms with Crippen LogP contribution in [0.25, 0.3) is 27.5 Å². The van der Waals surface area contributed by atoms with Crippen LogP contribution in [-0.4, -0.2) is 18.7 Å². The third-order valence-corrected chi connectivity index (χ3v) is 18.8. The summed E-state index contributed by atoms with van der Waals surface area (Å²) in [5.41, 5.74) is 7.63. The Morgan fingerprint density at radius 1 is 0.667 bits per heavy atom. The molecule has 5 atom stereocenters. The van der Waals surface area contributed by atoms with Crippen LogP contribution in [-0.2, 0) is 0 Å². The SMILES string of the molecule is CC1([Si](C2=CCC(C#N)CC2)(c2ccccc2)c2ccc(-n3c4ccccc4c4ccccc43)cc2)C=CC2c3ccccc3N(c3ccccc3)C2C1. The third kappa shape index (κ3) is 4.85. The highest BCUT2D eigenvalue weighted by Crippen LogP contribution is 2.58. The van der Waals surface area contributed by atoms with Crippen molar-refractivity contribution in [3.05, 3.63) is 187 Å². The molecule has 262 valence electrons. The highest BCUT2D eigenvalue weighted by molar-refractivity contribution is 7.09. The van der Waals surface area contributed by atoms with Gasteiger partial charge in [-0.15, -0.1) is 0 Å². The smallest absolute Gasteiger partial charge is 0.153 e. The van der Waals surface area contributed by atoms with Gasteiger partial charge in [0.2, 0.25) is 0 Å². The normalized spacial score (nSPS) is 23.0. The molecular formula is C50H43N3Si. The number of hydrogen-bond acceptors (Lipinski definition) is 2. The van der Waals surface area contributed by atoms with Gasteiger partial charge < -0.3 is 9.47 Å². The number of fused-ring (bicyclic) bond motifs is 6. The molecule has 0 amide bonds. The van der Waals surface area contributed by atoms with Crippen molar-refractivity contribution < 1.29 is 0 Å². The number of aromatic nitrogens is 1. The van der Waals surface area contributed by atoms with Crippen molar-refractivity contribution in [3.8, 4) is 11.8 Å². The van der Waals surface area contributed by atoms with Gasteiger partial charge in [0.15, 0.2) is 8.07 Å². The van der Waals surface area contributed by atoms with Gasteiger partial charge in [-0.2, -0.15) is 5.26 Å². The second-order valence-corrected chi connectivity index (χ2v) is 20.1. The fraction of sp³-hybridized carbons (Fsp3) is 0.180. The molecule has 2 heterocycles. The van der Waals surface area contributed by atoms with E-state index in [-0.39, 0.29) is 17.0 Å². The summed E-state index contributed by atoms with van der Waals surface area (Å²) in [6.45, 7) is 2.57. The van der Waals surface area contributed by atoms with E-state index >= 15 is 0 Å². The monoisotopic (exact) mass is 713 g/mol. The molecule has 1 aliphatic heterocycles. The number of nitriles is 1. The molecule has 0 N–H and O–H groups in total. The minimum atomic E-state index is -2.79. The zero-order valence-corrected chi connectivity index (χ0v) is 31.6. The predicted molar refractivity (Wildman–Crippen MR) is 227 cm³/mol. The molecule has 6 aromatic carbocycles. The van der Waals surface area contributed by atoms with Crippen LogP contribution in [0.3, 0.4) is 0 Å². The Hall–Kier alpha value is -5.89. The number of allylic oxidation sites excluding steroid dienone is 3. The van der Waals surface area contributed by atoms with Crippen LogP contribution >= 0.6 is 0 Å². The Balaban J connectivity index is 1.19. The zero-order chi connectivity index (χ0) is 36.3. The van der Waals surface area contributed by atoms with E-state index < -0.39 is 8.07 Å². The molecule has 0 saturated carbocycles. The second-order valence-electron chi connectivity index (χ2n) is 15.7. The average molecular weight is 714 g/mol. The molecule has 0 saturated heterocycles. The summed E-state index contributed by atoms with van der Waals surface area (Å²) in [7, 11) is -2.79. The molecule has 4 heteroatoms. The maximum absolute atomic E-state index is 10.0.